The number of fused-ring (bicyclic) bond motifs is 2. The van der Waals surface area contributed by atoms with Crippen LogP contribution in [0.1, 0.15) is 16.1 Å². The number of methoxy groups -OCH3 is 2. The summed E-state index contributed by atoms with van der Waals surface area (Å²) in [6, 6.07) is 20.9. The number of thiazole rings is 1. The van der Waals surface area contributed by atoms with Crippen molar-refractivity contribution in [3.63, 3.8) is 0 Å². The first-order valence-electron chi connectivity index (χ1n) is 10.0. The summed E-state index contributed by atoms with van der Waals surface area (Å²) >= 11 is 1.38. The van der Waals surface area contributed by atoms with Crippen LogP contribution in [0.25, 0.3) is 21.0 Å². The van der Waals surface area contributed by atoms with E-state index in [4.69, 9.17) is 18.9 Å². The van der Waals surface area contributed by atoms with Gasteiger partial charge in [0.15, 0.2) is 5.13 Å². The van der Waals surface area contributed by atoms with Crippen LogP contribution in [0.3, 0.4) is 0 Å². The first kappa shape index (κ1) is 20.1. The van der Waals surface area contributed by atoms with Crippen molar-refractivity contribution in [1.82, 2.24) is 4.98 Å². The molecule has 0 bridgehead atoms. The molecule has 1 amide bonds. The number of nitrogens with zero attached hydrogens (tertiary/aromatic N) is 2. The van der Waals surface area contributed by atoms with Crippen LogP contribution < -0.4 is 14.4 Å². The molecule has 0 aliphatic rings. The van der Waals surface area contributed by atoms with Gasteiger partial charge >= 0.3 is 0 Å². The molecule has 160 valence electrons. The van der Waals surface area contributed by atoms with E-state index < -0.39 is 0 Å². The van der Waals surface area contributed by atoms with Crippen molar-refractivity contribution in [2.24, 2.45) is 0 Å². The standard InChI is InChI=1S/C25H20N2O4S/c1-29-20-12-13-21(30-2)23-22(20)26-25(32-23)27(15-17-9-6-14-31-17)24(28)19-11-5-8-16-7-3-4-10-18(16)19/h3-14H,15H2,1-2H3. The van der Waals surface area contributed by atoms with E-state index >= 15 is 0 Å². The van der Waals surface area contributed by atoms with Crippen LogP contribution in [-0.4, -0.2) is 25.1 Å². The molecular weight excluding hydrogens is 424 g/mol. The van der Waals surface area contributed by atoms with Crippen LogP contribution in [0.4, 0.5) is 5.13 Å². The summed E-state index contributed by atoms with van der Waals surface area (Å²) in [5.41, 5.74) is 1.26. The zero-order valence-corrected chi connectivity index (χ0v) is 18.4. The first-order chi connectivity index (χ1) is 15.7. The van der Waals surface area contributed by atoms with Gasteiger partial charge < -0.3 is 13.9 Å². The number of carbonyl (C=O) groups is 1. The predicted molar refractivity (Wildman–Crippen MR) is 126 cm³/mol. The molecule has 6 nitrogen and oxygen atoms in total. The van der Waals surface area contributed by atoms with Gasteiger partial charge in [-0.05, 0) is 41.1 Å². The predicted octanol–water partition coefficient (Wildman–Crippen LogP) is 5.91. The van der Waals surface area contributed by atoms with Crippen molar-refractivity contribution in [3.8, 4) is 11.5 Å². The van der Waals surface area contributed by atoms with Crippen LogP contribution in [-0.2, 0) is 6.54 Å². The maximum atomic E-state index is 13.9. The minimum atomic E-state index is -0.157. The second-order valence-electron chi connectivity index (χ2n) is 7.14. The quantitative estimate of drug-likeness (QED) is 0.326. The molecule has 5 aromatic rings. The van der Waals surface area contributed by atoms with Gasteiger partial charge in [0, 0.05) is 5.56 Å². The van der Waals surface area contributed by atoms with Gasteiger partial charge in [-0.1, -0.05) is 47.7 Å². The molecule has 7 heteroatoms. The highest BCUT2D eigenvalue weighted by Crippen LogP contribution is 2.41. The van der Waals surface area contributed by atoms with E-state index in [1.807, 2.05) is 60.7 Å². The molecule has 2 aromatic heterocycles. The summed E-state index contributed by atoms with van der Waals surface area (Å²) in [7, 11) is 3.21. The summed E-state index contributed by atoms with van der Waals surface area (Å²) in [5.74, 6) is 1.81. The molecule has 0 saturated carbocycles. The summed E-state index contributed by atoms with van der Waals surface area (Å²) in [5, 5.41) is 2.43. The fourth-order valence-corrected chi connectivity index (χ4v) is 4.80. The van der Waals surface area contributed by atoms with E-state index in [9.17, 15) is 4.79 Å². The number of hydrogen-bond donors (Lipinski definition) is 0. The third kappa shape index (κ3) is 3.46. The van der Waals surface area contributed by atoms with E-state index in [1.165, 1.54) is 11.3 Å². The smallest absolute Gasteiger partial charge is 0.261 e. The number of hydrogen-bond acceptors (Lipinski definition) is 6. The fraction of sp³-hybridized carbons (Fsp3) is 0.120. The number of rotatable bonds is 6. The van der Waals surface area contributed by atoms with Gasteiger partial charge in [-0.25, -0.2) is 4.98 Å². The number of ether oxygens (including phenoxy) is 2. The van der Waals surface area contributed by atoms with E-state index in [0.29, 0.717) is 33.5 Å². The highest BCUT2D eigenvalue weighted by Gasteiger charge is 2.25. The molecular formula is C25H20N2O4S. The third-order valence-electron chi connectivity index (χ3n) is 5.29. The second-order valence-corrected chi connectivity index (χ2v) is 8.12. The average Bonchev–Trinajstić information content (AvgIpc) is 3.51. The maximum absolute atomic E-state index is 13.9. The van der Waals surface area contributed by atoms with E-state index in [2.05, 4.69) is 0 Å². The van der Waals surface area contributed by atoms with E-state index in [-0.39, 0.29) is 12.5 Å². The Kier molecular flexibility index (Phi) is 5.25. The number of amides is 1. The Hall–Kier alpha value is -3.84. The minimum absolute atomic E-state index is 0.157. The molecule has 0 unspecified atom stereocenters. The van der Waals surface area contributed by atoms with Gasteiger partial charge in [-0.3, -0.25) is 9.69 Å². The number of benzene rings is 3. The zero-order valence-electron chi connectivity index (χ0n) is 17.6. The van der Waals surface area contributed by atoms with Gasteiger partial charge in [0.25, 0.3) is 5.91 Å². The lowest BCUT2D eigenvalue weighted by molar-refractivity contribution is 0.0985. The van der Waals surface area contributed by atoms with Crippen molar-refractivity contribution in [3.05, 3.63) is 84.3 Å². The topological polar surface area (TPSA) is 64.8 Å². The number of furan rings is 1. The van der Waals surface area contributed by atoms with Gasteiger partial charge in [0.1, 0.15) is 27.5 Å². The molecule has 0 saturated heterocycles. The molecule has 0 radical (unpaired) electrons. The lowest BCUT2D eigenvalue weighted by Gasteiger charge is -2.19. The van der Waals surface area contributed by atoms with Crippen LogP contribution in [0, 0.1) is 0 Å². The van der Waals surface area contributed by atoms with Crippen molar-refractivity contribution in [2.45, 2.75) is 6.54 Å². The minimum Gasteiger partial charge on any atom is -0.495 e. The normalized spacial score (nSPS) is 11.1. The van der Waals surface area contributed by atoms with Crippen molar-refractivity contribution in [2.75, 3.05) is 19.1 Å². The Morgan fingerprint density at radius 3 is 2.53 bits per heavy atom. The summed E-state index contributed by atoms with van der Waals surface area (Å²) in [6.45, 7) is 0.250. The highest BCUT2D eigenvalue weighted by atomic mass is 32.1. The Bertz CT molecular complexity index is 1360. The van der Waals surface area contributed by atoms with Crippen molar-refractivity contribution < 1.29 is 18.7 Å². The molecule has 5 rings (SSSR count). The van der Waals surface area contributed by atoms with Crippen molar-refractivity contribution in [1.29, 1.82) is 0 Å². The highest BCUT2D eigenvalue weighted by molar-refractivity contribution is 7.22. The monoisotopic (exact) mass is 444 g/mol. The molecule has 0 N–H and O–H groups in total. The molecule has 0 aliphatic carbocycles. The average molecular weight is 445 g/mol. The molecule has 32 heavy (non-hydrogen) atoms. The molecule has 3 aromatic carbocycles. The number of aromatic nitrogens is 1. The van der Waals surface area contributed by atoms with Gasteiger partial charge in [0.2, 0.25) is 0 Å². The number of anilines is 1. The van der Waals surface area contributed by atoms with E-state index in [1.54, 1.807) is 31.4 Å². The summed E-state index contributed by atoms with van der Waals surface area (Å²) in [6.07, 6.45) is 1.60. The van der Waals surface area contributed by atoms with Crippen LogP contribution in [0.2, 0.25) is 0 Å². The molecule has 0 spiro atoms. The van der Waals surface area contributed by atoms with Crippen LogP contribution >= 0.6 is 11.3 Å². The summed E-state index contributed by atoms with van der Waals surface area (Å²) < 4.78 is 17.4. The Labute approximate surface area is 188 Å². The molecule has 2 heterocycles. The Balaban J connectivity index is 1.67. The molecule has 0 aliphatic heterocycles. The van der Waals surface area contributed by atoms with Crippen LogP contribution in [0.5, 0.6) is 11.5 Å². The molecule has 0 fully saturated rings. The molecule has 0 atom stereocenters. The zero-order chi connectivity index (χ0) is 22.1. The lowest BCUT2D eigenvalue weighted by Crippen LogP contribution is -2.30. The summed E-state index contributed by atoms with van der Waals surface area (Å²) in [4.78, 5) is 20.3. The largest absolute Gasteiger partial charge is 0.495 e. The first-order valence-corrected chi connectivity index (χ1v) is 10.8. The van der Waals surface area contributed by atoms with Gasteiger partial charge in [-0.15, -0.1) is 0 Å². The third-order valence-corrected chi connectivity index (χ3v) is 6.38. The fourth-order valence-electron chi connectivity index (χ4n) is 3.73. The Morgan fingerprint density at radius 1 is 0.969 bits per heavy atom. The van der Waals surface area contributed by atoms with Gasteiger partial charge in [0.05, 0.1) is 27.0 Å². The van der Waals surface area contributed by atoms with E-state index in [0.717, 1.165) is 15.5 Å². The maximum Gasteiger partial charge on any atom is 0.261 e. The van der Waals surface area contributed by atoms with Crippen LogP contribution in [0.15, 0.2) is 77.4 Å². The number of carbonyl (C=O) groups excluding carboxylic acids is 1. The second kappa shape index (κ2) is 8.36. The Morgan fingerprint density at radius 2 is 1.75 bits per heavy atom. The van der Waals surface area contributed by atoms with Crippen molar-refractivity contribution >= 4 is 43.4 Å². The van der Waals surface area contributed by atoms with Gasteiger partial charge in [-0.2, -0.15) is 0 Å². The SMILES string of the molecule is COc1ccc(OC)c2sc(N(Cc3ccco3)C(=O)c3cccc4ccccc34)nc12. The lowest BCUT2D eigenvalue weighted by atomic mass is 10.0.